The Labute approximate surface area is 273 Å². The Morgan fingerprint density at radius 2 is 1.67 bits per heavy atom. The van der Waals surface area contributed by atoms with Crippen molar-refractivity contribution in [2.45, 2.75) is 25.4 Å². The number of nitrogens with zero attached hydrogens (tertiary/aromatic N) is 4. The molecule has 246 valence electrons. The fourth-order valence-electron chi connectivity index (χ4n) is 6.54. The van der Waals surface area contributed by atoms with Gasteiger partial charge < -0.3 is 19.4 Å². The van der Waals surface area contributed by atoms with E-state index in [9.17, 15) is 24.0 Å². The number of anilines is 1. The zero-order valence-electron chi connectivity index (χ0n) is 26.2. The van der Waals surface area contributed by atoms with Gasteiger partial charge in [0.1, 0.15) is 34.6 Å². The molecule has 3 aliphatic rings. The van der Waals surface area contributed by atoms with Crippen LogP contribution in [0.5, 0.6) is 11.5 Å². The molecule has 3 aliphatic heterocycles. The second kappa shape index (κ2) is 12.2. The van der Waals surface area contributed by atoms with E-state index in [1.54, 1.807) is 12.1 Å². The summed E-state index contributed by atoms with van der Waals surface area (Å²) in [5.41, 5.74) is 1.71. The first-order valence-corrected chi connectivity index (χ1v) is 15.4. The number of hydrogen-bond donors (Lipinski definition) is 2. The molecular formula is C34H31FN6O7. The predicted molar refractivity (Wildman–Crippen MR) is 171 cm³/mol. The lowest BCUT2D eigenvalue weighted by Gasteiger charge is -2.36. The highest BCUT2D eigenvalue weighted by molar-refractivity contribution is 6.23. The lowest BCUT2D eigenvalue weighted by Crippen LogP contribution is -2.54. The van der Waals surface area contributed by atoms with Crippen LogP contribution in [0.25, 0.3) is 22.3 Å². The molecule has 4 heterocycles. The molecule has 2 N–H and O–H groups in total. The van der Waals surface area contributed by atoms with E-state index >= 15 is 4.39 Å². The molecule has 1 aromatic heterocycles. The first-order valence-electron chi connectivity index (χ1n) is 15.4. The summed E-state index contributed by atoms with van der Waals surface area (Å²) in [6.45, 7) is 2.81. The summed E-state index contributed by atoms with van der Waals surface area (Å²) in [7, 11) is 3.01. The Bertz CT molecular complexity index is 2060. The van der Waals surface area contributed by atoms with Gasteiger partial charge in [-0.25, -0.2) is 9.37 Å². The van der Waals surface area contributed by atoms with Crippen molar-refractivity contribution in [1.82, 2.24) is 25.1 Å². The summed E-state index contributed by atoms with van der Waals surface area (Å²) < 4.78 is 26.4. The van der Waals surface area contributed by atoms with Gasteiger partial charge in [-0.2, -0.15) is 0 Å². The summed E-state index contributed by atoms with van der Waals surface area (Å²) >= 11 is 0. The number of halogens is 1. The van der Waals surface area contributed by atoms with Crippen molar-refractivity contribution in [3.05, 3.63) is 81.4 Å². The largest absolute Gasteiger partial charge is 0.497 e. The molecular weight excluding hydrogens is 623 g/mol. The van der Waals surface area contributed by atoms with Crippen LogP contribution in [0.1, 0.15) is 39.1 Å². The maximum absolute atomic E-state index is 15.7. The highest BCUT2D eigenvalue weighted by Crippen LogP contribution is 2.32. The molecule has 0 radical (unpaired) electrons. The summed E-state index contributed by atoms with van der Waals surface area (Å²) in [6.07, 6.45) is -0.00897. The second-order valence-corrected chi connectivity index (χ2v) is 11.9. The van der Waals surface area contributed by atoms with Crippen molar-refractivity contribution < 1.29 is 33.0 Å². The molecule has 0 aliphatic carbocycles. The Hall–Kier alpha value is -5.63. The molecule has 14 heteroatoms. The minimum Gasteiger partial charge on any atom is -0.497 e. The number of rotatable bonds is 7. The lowest BCUT2D eigenvalue weighted by atomic mass is 10.0. The Kier molecular flexibility index (Phi) is 7.87. The number of ether oxygens (including phenoxy) is 2. The molecule has 1 unspecified atom stereocenters. The molecule has 7 rings (SSSR count). The van der Waals surface area contributed by atoms with Gasteiger partial charge in [-0.15, -0.1) is 0 Å². The standard InChI is InChI=1S/C34H31FN6O7/c1-47-21-15-23-28(25(16-21)48-2)32(44)38-30(36-23)18-3-6-20(7-4-18)40-13-11-39(12-14-40)17-19-5-8-22-27(29(19)35)34(46)41(33(22)45)24-9-10-26(42)37-31(24)43/h3-8,15-16,24H,9-14,17H2,1-2H3,(H,36,38,44)(H,37,42,43). The van der Waals surface area contributed by atoms with Crippen LogP contribution >= 0.6 is 0 Å². The second-order valence-electron chi connectivity index (χ2n) is 11.9. The minimum atomic E-state index is -1.15. The number of H-pyrrole nitrogens is 1. The van der Waals surface area contributed by atoms with Gasteiger partial charge in [0.25, 0.3) is 17.4 Å². The van der Waals surface area contributed by atoms with Crippen LogP contribution in [0.15, 0.2) is 53.3 Å². The van der Waals surface area contributed by atoms with Crippen LogP contribution in [0.4, 0.5) is 10.1 Å². The number of amides is 4. The molecule has 4 aromatic rings. The molecule has 48 heavy (non-hydrogen) atoms. The Morgan fingerprint density at radius 3 is 2.35 bits per heavy atom. The summed E-state index contributed by atoms with van der Waals surface area (Å²) in [5.74, 6) is -2.27. The van der Waals surface area contributed by atoms with Crippen LogP contribution in [-0.2, 0) is 16.1 Å². The number of nitrogens with one attached hydrogen (secondary N) is 2. The van der Waals surface area contributed by atoms with Gasteiger partial charge in [0.05, 0.1) is 30.9 Å². The highest BCUT2D eigenvalue weighted by atomic mass is 19.1. The van der Waals surface area contributed by atoms with Crippen molar-refractivity contribution in [3.8, 4) is 22.9 Å². The minimum absolute atomic E-state index is 0.00273. The number of aromatic nitrogens is 2. The zero-order valence-corrected chi connectivity index (χ0v) is 26.2. The summed E-state index contributed by atoms with van der Waals surface area (Å²) in [6, 6.07) is 12.8. The van der Waals surface area contributed by atoms with Gasteiger partial charge in [-0.1, -0.05) is 6.07 Å². The third-order valence-electron chi connectivity index (χ3n) is 9.10. The van der Waals surface area contributed by atoms with Gasteiger partial charge in [0, 0.05) is 68.1 Å². The van der Waals surface area contributed by atoms with Crippen LogP contribution in [0, 0.1) is 5.82 Å². The van der Waals surface area contributed by atoms with E-state index in [0.29, 0.717) is 54.4 Å². The Balaban J connectivity index is 1.02. The smallest absolute Gasteiger partial charge is 0.265 e. The zero-order chi connectivity index (χ0) is 33.7. The van der Waals surface area contributed by atoms with Crippen molar-refractivity contribution in [1.29, 1.82) is 0 Å². The molecule has 0 spiro atoms. The topological polar surface area (TPSA) is 154 Å². The fraction of sp³-hybridized carbons (Fsp3) is 0.294. The van der Waals surface area contributed by atoms with Crippen molar-refractivity contribution in [2.75, 3.05) is 45.3 Å². The van der Waals surface area contributed by atoms with Gasteiger partial charge in [-0.05, 0) is 36.8 Å². The molecule has 0 bridgehead atoms. The number of benzene rings is 3. The highest BCUT2D eigenvalue weighted by Gasteiger charge is 2.46. The van der Waals surface area contributed by atoms with Crippen molar-refractivity contribution in [2.24, 2.45) is 0 Å². The van der Waals surface area contributed by atoms with E-state index in [-0.39, 0.29) is 41.6 Å². The number of methoxy groups -OCH3 is 2. The van der Waals surface area contributed by atoms with E-state index in [1.165, 1.54) is 26.4 Å². The maximum Gasteiger partial charge on any atom is 0.265 e. The number of hydrogen-bond acceptors (Lipinski definition) is 10. The molecule has 2 fully saturated rings. The number of piperidine rings is 1. The van der Waals surface area contributed by atoms with E-state index in [1.807, 2.05) is 24.3 Å². The SMILES string of the molecule is COc1cc(OC)c2c(=O)[nH]c(-c3ccc(N4CCN(Cc5ccc6c(c5F)C(=O)N(C5CCC(=O)NC5=O)C6=O)CC4)cc3)nc2c1. The molecule has 13 nitrogen and oxygen atoms in total. The maximum atomic E-state index is 15.7. The van der Waals surface area contributed by atoms with Gasteiger partial charge in [-0.3, -0.25) is 39.1 Å². The normalized spacial score (nSPS) is 18.4. The molecule has 0 saturated carbocycles. The fourth-order valence-corrected chi connectivity index (χ4v) is 6.54. The number of aromatic amines is 1. The van der Waals surface area contributed by atoms with E-state index < -0.39 is 35.5 Å². The lowest BCUT2D eigenvalue weighted by molar-refractivity contribution is -0.136. The summed E-state index contributed by atoms with van der Waals surface area (Å²) in [4.78, 5) is 75.5. The van der Waals surface area contributed by atoms with Crippen LogP contribution in [-0.4, -0.2) is 89.8 Å². The van der Waals surface area contributed by atoms with E-state index in [4.69, 9.17) is 9.47 Å². The Morgan fingerprint density at radius 1 is 0.917 bits per heavy atom. The van der Waals surface area contributed by atoms with Gasteiger partial charge >= 0.3 is 0 Å². The van der Waals surface area contributed by atoms with Crippen LogP contribution in [0.3, 0.4) is 0 Å². The number of piperazine rings is 1. The average molecular weight is 655 g/mol. The monoisotopic (exact) mass is 654 g/mol. The molecule has 2 saturated heterocycles. The molecule has 3 aromatic carbocycles. The van der Waals surface area contributed by atoms with Gasteiger partial charge in [0.2, 0.25) is 11.8 Å². The molecule has 1 atom stereocenters. The number of imide groups is 2. The van der Waals surface area contributed by atoms with Crippen molar-refractivity contribution in [3.63, 3.8) is 0 Å². The predicted octanol–water partition coefficient (Wildman–Crippen LogP) is 2.47. The van der Waals surface area contributed by atoms with Gasteiger partial charge in [0.15, 0.2) is 0 Å². The quantitative estimate of drug-likeness (QED) is 0.284. The van der Waals surface area contributed by atoms with Crippen LogP contribution in [0.2, 0.25) is 0 Å². The van der Waals surface area contributed by atoms with Crippen molar-refractivity contribution >= 4 is 40.2 Å². The number of carbonyl (C=O) groups excluding carboxylic acids is 4. The van der Waals surface area contributed by atoms with E-state index in [2.05, 4.69) is 25.1 Å². The number of carbonyl (C=O) groups is 4. The first-order chi connectivity index (χ1) is 23.2. The van der Waals surface area contributed by atoms with E-state index in [0.717, 1.165) is 16.2 Å². The first kappa shape index (κ1) is 31.0. The third-order valence-corrected chi connectivity index (χ3v) is 9.10. The van der Waals surface area contributed by atoms with Crippen LogP contribution < -0.4 is 25.2 Å². The number of fused-ring (bicyclic) bond motifs is 2. The third kappa shape index (κ3) is 5.33. The summed E-state index contributed by atoms with van der Waals surface area (Å²) in [5, 5.41) is 2.48. The average Bonchev–Trinajstić information content (AvgIpc) is 3.34. The molecule has 4 amide bonds.